The van der Waals surface area contributed by atoms with Crippen LogP contribution in [0, 0.1) is 11.2 Å². The van der Waals surface area contributed by atoms with Crippen molar-refractivity contribution in [2.24, 2.45) is 5.41 Å². The minimum atomic E-state index is -1.29. The van der Waals surface area contributed by atoms with E-state index in [-0.39, 0.29) is 6.10 Å². The molecule has 6 heteroatoms. The molecule has 2 nitrogen and oxygen atoms in total. The van der Waals surface area contributed by atoms with Gasteiger partial charge in [0.25, 0.3) is 0 Å². The standard InChI is InChI=1S/C17H26Cl2FNOSi/c1-4-23(5-2)22-15(10-21-11-17(3)6-7-17)16-13(18)8-12(20)9-14(16)19/h8-9,15,21,23H,4-7,10-11H2,1-3H3. The molecule has 1 saturated carbocycles. The first-order valence-electron chi connectivity index (χ1n) is 8.39. The van der Waals surface area contributed by atoms with Gasteiger partial charge < -0.3 is 9.74 Å². The summed E-state index contributed by atoms with van der Waals surface area (Å²) in [5, 5.41) is 4.19. The molecule has 0 amide bonds. The molecular weight excluding hydrogens is 352 g/mol. The summed E-state index contributed by atoms with van der Waals surface area (Å²) in [4.78, 5) is 0. The number of hydrogen-bond acceptors (Lipinski definition) is 2. The zero-order valence-corrected chi connectivity index (χ0v) is 16.8. The zero-order chi connectivity index (χ0) is 17.0. The maximum absolute atomic E-state index is 13.5. The third kappa shape index (κ3) is 5.43. The Hall–Kier alpha value is -0.133. The maximum Gasteiger partial charge on any atom is 0.177 e. The lowest BCUT2D eigenvalue weighted by Gasteiger charge is -2.26. The van der Waals surface area contributed by atoms with Crippen LogP contribution >= 0.6 is 23.2 Å². The number of halogens is 3. The van der Waals surface area contributed by atoms with Gasteiger partial charge in [-0.25, -0.2) is 4.39 Å². The van der Waals surface area contributed by atoms with E-state index in [4.69, 9.17) is 27.6 Å². The molecule has 0 radical (unpaired) electrons. The minimum Gasteiger partial charge on any atom is -0.412 e. The van der Waals surface area contributed by atoms with Gasteiger partial charge in [-0.2, -0.15) is 0 Å². The molecule has 23 heavy (non-hydrogen) atoms. The van der Waals surface area contributed by atoms with Crippen LogP contribution in [0.15, 0.2) is 12.1 Å². The quantitative estimate of drug-likeness (QED) is 0.586. The molecule has 1 fully saturated rings. The van der Waals surface area contributed by atoms with Crippen molar-refractivity contribution in [1.29, 1.82) is 0 Å². The third-order valence-corrected chi connectivity index (χ3v) is 7.78. The van der Waals surface area contributed by atoms with Crippen LogP contribution in [-0.2, 0) is 4.43 Å². The van der Waals surface area contributed by atoms with E-state index in [1.165, 1.54) is 25.0 Å². The monoisotopic (exact) mass is 377 g/mol. The summed E-state index contributed by atoms with van der Waals surface area (Å²) in [7, 11) is -1.29. The number of benzene rings is 1. The first-order chi connectivity index (χ1) is 10.9. The summed E-state index contributed by atoms with van der Waals surface area (Å²) in [6.07, 6.45) is 2.32. The van der Waals surface area contributed by atoms with Crippen molar-refractivity contribution in [3.05, 3.63) is 33.6 Å². The van der Waals surface area contributed by atoms with Gasteiger partial charge in [-0.3, -0.25) is 0 Å². The molecule has 0 heterocycles. The molecule has 1 aromatic rings. The average molecular weight is 378 g/mol. The zero-order valence-electron chi connectivity index (χ0n) is 14.1. The van der Waals surface area contributed by atoms with E-state index in [9.17, 15) is 4.39 Å². The van der Waals surface area contributed by atoms with E-state index >= 15 is 0 Å². The highest BCUT2D eigenvalue weighted by Crippen LogP contribution is 2.44. The van der Waals surface area contributed by atoms with E-state index in [1.807, 2.05) is 0 Å². The van der Waals surface area contributed by atoms with E-state index in [0.29, 0.717) is 27.6 Å². The van der Waals surface area contributed by atoms with Crippen LogP contribution < -0.4 is 5.32 Å². The first kappa shape index (κ1) is 19.2. The molecule has 0 aliphatic heterocycles. The van der Waals surface area contributed by atoms with Crippen LogP contribution in [-0.4, -0.2) is 22.1 Å². The van der Waals surface area contributed by atoms with E-state index in [1.54, 1.807) is 0 Å². The fourth-order valence-corrected chi connectivity index (χ4v) is 5.05. The molecular formula is C17H26Cl2FNOSi. The lowest BCUT2D eigenvalue weighted by molar-refractivity contribution is 0.198. The van der Waals surface area contributed by atoms with Crippen LogP contribution in [0.25, 0.3) is 0 Å². The van der Waals surface area contributed by atoms with Gasteiger partial charge in [0.15, 0.2) is 9.04 Å². The predicted molar refractivity (Wildman–Crippen MR) is 98.6 cm³/mol. The fraction of sp³-hybridized carbons (Fsp3) is 0.647. The van der Waals surface area contributed by atoms with Crippen LogP contribution in [0.1, 0.15) is 45.3 Å². The summed E-state index contributed by atoms with van der Waals surface area (Å²) < 4.78 is 19.8. The molecule has 1 aromatic carbocycles. The number of hydrogen-bond donors (Lipinski definition) is 1. The second kappa shape index (κ2) is 8.30. The van der Waals surface area contributed by atoms with Crippen molar-refractivity contribution in [2.75, 3.05) is 13.1 Å². The predicted octanol–water partition coefficient (Wildman–Crippen LogP) is 5.34. The summed E-state index contributed by atoms with van der Waals surface area (Å²) in [6, 6.07) is 4.74. The molecule has 1 N–H and O–H groups in total. The van der Waals surface area contributed by atoms with E-state index in [0.717, 1.165) is 18.6 Å². The second-order valence-corrected chi connectivity index (χ2v) is 10.8. The van der Waals surface area contributed by atoms with Gasteiger partial charge >= 0.3 is 0 Å². The third-order valence-electron chi connectivity index (χ3n) is 4.62. The Labute approximate surface area is 150 Å². The van der Waals surface area contributed by atoms with Crippen molar-refractivity contribution >= 4 is 32.2 Å². The smallest absolute Gasteiger partial charge is 0.177 e. The molecule has 2 rings (SSSR count). The SMILES string of the molecule is CC[SiH](CC)OC(CNCC1(C)CC1)c1c(Cl)cc(F)cc1Cl. The largest absolute Gasteiger partial charge is 0.412 e. The van der Waals surface area contributed by atoms with Crippen molar-refractivity contribution in [3.63, 3.8) is 0 Å². The topological polar surface area (TPSA) is 21.3 Å². The Morgan fingerprint density at radius 3 is 2.30 bits per heavy atom. The number of nitrogens with one attached hydrogen (secondary N) is 1. The van der Waals surface area contributed by atoms with Gasteiger partial charge in [0.05, 0.1) is 16.1 Å². The van der Waals surface area contributed by atoms with Gasteiger partial charge in [-0.15, -0.1) is 0 Å². The molecule has 1 atom stereocenters. The highest BCUT2D eigenvalue weighted by molar-refractivity contribution is 6.51. The van der Waals surface area contributed by atoms with Gasteiger partial charge in [-0.1, -0.05) is 44.0 Å². The highest BCUT2D eigenvalue weighted by atomic mass is 35.5. The summed E-state index contributed by atoms with van der Waals surface area (Å²) in [5.74, 6) is -0.416. The van der Waals surface area contributed by atoms with Gasteiger partial charge in [-0.05, 0) is 42.5 Å². The van der Waals surface area contributed by atoms with Crippen LogP contribution in [0.5, 0.6) is 0 Å². The molecule has 0 bridgehead atoms. The molecule has 0 aromatic heterocycles. The highest BCUT2D eigenvalue weighted by Gasteiger charge is 2.36. The summed E-state index contributed by atoms with van der Waals surface area (Å²) in [5.41, 5.74) is 1.13. The Kier molecular flexibility index (Phi) is 6.93. The van der Waals surface area contributed by atoms with Crippen molar-refractivity contribution in [1.82, 2.24) is 5.32 Å². The Balaban J connectivity index is 2.14. The van der Waals surface area contributed by atoms with Crippen LogP contribution in [0.3, 0.4) is 0 Å². The Morgan fingerprint density at radius 2 is 1.83 bits per heavy atom. The molecule has 1 unspecified atom stereocenters. The van der Waals surface area contributed by atoms with Gasteiger partial charge in [0.2, 0.25) is 0 Å². The normalized spacial score (nSPS) is 17.5. The fourth-order valence-electron chi connectivity index (χ4n) is 2.69. The summed E-state index contributed by atoms with van der Waals surface area (Å²) in [6.45, 7) is 8.22. The van der Waals surface area contributed by atoms with Crippen LogP contribution in [0.4, 0.5) is 4.39 Å². The van der Waals surface area contributed by atoms with Gasteiger partial charge in [0.1, 0.15) is 5.82 Å². The minimum absolute atomic E-state index is 0.213. The lowest BCUT2D eigenvalue weighted by atomic mass is 10.1. The van der Waals surface area contributed by atoms with Gasteiger partial charge in [0, 0.05) is 18.7 Å². The molecule has 130 valence electrons. The molecule has 0 spiro atoms. The average Bonchev–Trinajstić information content (AvgIpc) is 3.20. The summed E-state index contributed by atoms with van der Waals surface area (Å²) >= 11 is 12.5. The molecule has 0 saturated heterocycles. The lowest BCUT2D eigenvalue weighted by Crippen LogP contribution is -2.31. The molecule has 1 aliphatic rings. The second-order valence-electron chi connectivity index (χ2n) is 6.79. The Bertz CT molecular complexity index is 512. The molecule has 1 aliphatic carbocycles. The van der Waals surface area contributed by atoms with Crippen molar-refractivity contribution < 1.29 is 8.82 Å². The maximum atomic E-state index is 13.5. The first-order valence-corrected chi connectivity index (χ1v) is 11.2. The number of rotatable bonds is 9. The Morgan fingerprint density at radius 1 is 1.26 bits per heavy atom. The van der Waals surface area contributed by atoms with E-state index < -0.39 is 14.9 Å². The van der Waals surface area contributed by atoms with Crippen molar-refractivity contribution in [2.45, 2.75) is 51.8 Å². The van der Waals surface area contributed by atoms with E-state index in [2.05, 4.69) is 26.1 Å². The van der Waals surface area contributed by atoms with Crippen LogP contribution in [0.2, 0.25) is 22.1 Å². The van der Waals surface area contributed by atoms with Crippen molar-refractivity contribution in [3.8, 4) is 0 Å².